The minimum atomic E-state index is 0.253. The van der Waals surface area contributed by atoms with Gasteiger partial charge in [0, 0.05) is 25.6 Å². The second-order valence-corrected chi connectivity index (χ2v) is 6.25. The Hall–Kier alpha value is -0.830. The van der Waals surface area contributed by atoms with Gasteiger partial charge in [-0.15, -0.1) is 0 Å². The summed E-state index contributed by atoms with van der Waals surface area (Å²) in [5.74, 6) is 0.655. The Kier molecular flexibility index (Phi) is 3.42. The Bertz CT molecular complexity index is 326. The van der Waals surface area contributed by atoms with E-state index in [2.05, 4.69) is 22.4 Å². The first kappa shape index (κ1) is 12.2. The van der Waals surface area contributed by atoms with E-state index in [0.717, 1.165) is 25.9 Å². The summed E-state index contributed by atoms with van der Waals surface area (Å²) in [5, 5.41) is 3.53. The van der Waals surface area contributed by atoms with Gasteiger partial charge in [-0.1, -0.05) is 12.2 Å². The van der Waals surface area contributed by atoms with Gasteiger partial charge < -0.3 is 10.2 Å². The van der Waals surface area contributed by atoms with Crippen LogP contribution < -0.4 is 5.32 Å². The Labute approximate surface area is 110 Å². The number of piperidine rings is 2. The average Bonchev–Trinajstić information content (AvgIpc) is 2.94. The third kappa shape index (κ3) is 2.33. The van der Waals surface area contributed by atoms with Crippen molar-refractivity contribution in [2.45, 2.75) is 38.5 Å². The van der Waals surface area contributed by atoms with Crippen molar-refractivity contribution in [2.24, 2.45) is 11.3 Å². The molecule has 1 amide bonds. The summed E-state index contributed by atoms with van der Waals surface area (Å²) in [5.41, 5.74) is 0.503. The molecule has 2 saturated heterocycles. The van der Waals surface area contributed by atoms with E-state index in [0.29, 0.717) is 11.3 Å². The lowest BCUT2D eigenvalue weighted by Crippen LogP contribution is -2.50. The maximum absolute atomic E-state index is 12.3. The summed E-state index contributed by atoms with van der Waals surface area (Å²) in [4.78, 5) is 14.5. The zero-order valence-electron chi connectivity index (χ0n) is 11.2. The molecule has 18 heavy (non-hydrogen) atoms. The molecule has 3 rings (SSSR count). The number of amides is 1. The van der Waals surface area contributed by atoms with Gasteiger partial charge in [-0.2, -0.15) is 0 Å². The maximum atomic E-state index is 12.3. The van der Waals surface area contributed by atoms with Crippen LogP contribution in [0.25, 0.3) is 0 Å². The maximum Gasteiger partial charge on any atom is 0.226 e. The largest absolute Gasteiger partial charge is 0.342 e. The third-order valence-electron chi connectivity index (χ3n) is 5.05. The first-order valence-electron chi connectivity index (χ1n) is 7.44. The number of hydrogen-bond acceptors (Lipinski definition) is 2. The predicted molar refractivity (Wildman–Crippen MR) is 72.2 cm³/mol. The van der Waals surface area contributed by atoms with Crippen molar-refractivity contribution in [3.8, 4) is 0 Å². The molecule has 0 radical (unpaired) electrons. The zero-order valence-corrected chi connectivity index (χ0v) is 11.2. The minimum absolute atomic E-state index is 0.253. The van der Waals surface area contributed by atoms with Crippen LogP contribution >= 0.6 is 0 Å². The molecule has 1 spiro atoms. The number of hydrogen-bond donors (Lipinski definition) is 1. The average molecular weight is 248 g/mol. The van der Waals surface area contributed by atoms with Crippen LogP contribution in [0.15, 0.2) is 12.2 Å². The van der Waals surface area contributed by atoms with E-state index in [1.165, 1.54) is 38.8 Å². The number of nitrogens with one attached hydrogen (secondary N) is 1. The quantitative estimate of drug-likeness (QED) is 0.719. The molecule has 2 fully saturated rings. The van der Waals surface area contributed by atoms with E-state index < -0.39 is 0 Å². The molecular weight excluding hydrogens is 224 g/mol. The van der Waals surface area contributed by atoms with Crippen molar-refractivity contribution in [2.75, 3.05) is 26.2 Å². The molecule has 0 aromatic carbocycles. The van der Waals surface area contributed by atoms with Crippen LogP contribution in [0.5, 0.6) is 0 Å². The Morgan fingerprint density at radius 2 is 1.89 bits per heavy atom. The van der Waals surface area contributed by atoms with Gasteiger partial charge in [0.15, 0.2) is 0 Å². The zero-order chi connectivity index (χ0) is 12.4. The van der Waals surface area contributed by atoms with Gasteiger partial charge in [-0.05, 0) is 50.5 Å². The van der Waals surface area contributed by atoms with Gasteiger partial charge in [0.1, 0.15) is 0 Å². The molecule has 0 bridgehead atoms. The van der Waals surface area contributed by atoms with Gasteiger partial charge in [-0.25, -0.2) is 0 Å². The Morgan fingerprint density at radius 3 is 2.50 bits per heavy atom. The van der Waals surface area contributed by atoms with Crippen LogP contribution in [0.3, 0.4) is 0 Å². The van der Waals surface area contributed by atoms with Crippen molar-refractivity contribution in [1.29, 1.82) is 0 Å². The Balaban J connectivity index is 1.54. The summed E-state index contributed by atoms with van der Waals surface area (Å²) in [6, 6.07) is 0. The fourth-order valence-electron chi connectivity index (χ4n) is 3.74. The van der Waals surface area contributed by atoms with E-state index in [4.69, 9.17) is 0 Å². The van der Waals surface area contributed by atoms with Crippen molar-refractivity contribution in [1.82, 2.24) is 10.2 Å². The lowest BCUT2D eigenvalue weighted by Gasteiger charge is -2.45. The Morgan fingerprint density at radius 1 is 1.17 bits per heavy atom. The summed E-state index contributed by atoms with van der Waals surface area (Å²) in [6.07, 6.45) is 11.3. The highest BCUT2D eigenvalue weighted by Crippen LogP contribution is 2.38. The topological polar surface area (TPSA) is 32.3 Å². The van der Waals surface area contributed by atoms with E-state index >= 15 is 0 Å². The van der Waals surface area contributed by atoms with Gasteiger partial charge in [0.05, 0.1) is 0 Å². The molecule has 0 unspecified atom stereocenters. The number of likely N-dealkylation sites (tertiary alicyclic amines) is 1. The molecule has 0 atom stereocenters. The standard InChI is InChI=1S/C15H24N2O/c18-14(13-4-1-2-5-13)17-10-7-15(8-11-17)6-3-9-16-12-15/h1-2,13,16H,3-12H2. The minimum Gasteiger partial charge on any atom is -0.342 e. The molecule has 0 aromatic rings. The van der Waals surface area contributed by atoms with Crippen LogP contribution in [-0.4, -0.2) is 37.0 Å². The second-order valence-electron chi connectivity index (χ2n) is 6.25. The molecule has 3 nitrogen and oxygen atoms in total. The summed E-state index contributed by atoms with van der Waals surface area (Å²) in [6.45, 7) is 4.31. The molecule has 2 heterocycles. The lowest BCUT2D eigenvalue weighted by atomic mass is 9.73. The van der Waals surface area contributed by atoms with E-state index in [9.17, 15) is 4.79 Å². The number of allylic oxidation sites excluding steroid dienone is 2. The summed E-state index contributed by atoms with van der Waals surface area (Å²) in [7, 11) is 0. The highest BCUT2D eigenvalue weighted by molar-refractivity contribution is 5.79. The molecular formula is C15H24N2O. The normalized spacial score (nSPS) is 27.9. The van der Waals surface area contributed by atoms with Gasteiger partial charge >= 0.3 is 0 Å². The highest BCUT2D eigenvalue weighted by Gasteiger charge is 2.37. The van der Waals surface area contributed by atoms with E-state index in [1.54, 1.807) is 0 Å². The number of carbonyl (C=O) groups excluding carboxylic acids is 1. The van der Waals surface area contributed by atoms with Gasteiger partial charge in [0.2, 0.25) is 5.91 Å². The van der Waals surface area contributed by atoms with Crippen LogP contribution in [0.1, 0.15) is 38.5 Å². The smallest absolute Gasteiger partial charge is 0.226 e. The molecule has 1 aliphatic carbocycles. The lowest BCUT2D eigenvalue weighted by molar-refractivity contribution is -0.137. The SMILES string of the molecule is O=C(C1CC=CC1)N1CCC2(CCCNC2)CC1. The number of nitrogens with zero attached hydrogens (tertiary/aromatic N) is 1. The molecule has 3 aliphatic rings. The fourth-order valence-corrected chi connectivity index (χ4v) is 3.74. The van der Waals surface area contributed by atoms with Crippen molar-refractivity contribution in [3.05, 3.63) is 12.2 Å². The van der Waals surface area contributed by atoms with Crippen molar-refractivity contribution >= 4 is 5.91 Å². The molecule has 0 aromatic heterocycles. The second kappa shape index (κ2) is 5.04. The summed E-state index contributed by atoms with van der Waals surface area (Å²) < 4.78 is 0. The molecule has 2 aliphatic heterocycles. The fraction of sp³-hybridized carbons (Fsp3) is 0.800. The number of carbonyl (C=O) groups is 1. The highest BCUT2D eigenvalue weighted by atomic mass is 16.2. The number of rotatable bonds is 1. The van der Waals surface area contributed by atoms with Crippen molar-refractivity contribution < 1.29 is 4.79 Å². The third-order valence-corrected chi connectivity index (χ3v) is 5.05. The molecule has 3 heteroatoms. The van der Waals surface area contributed by atoms with Crippen LogP contribution in [-0.2, 0) is 4.79 Å². The molecule has 1 N–H and O–H groups in total. The van der Waals surface area contributed by atoms with E-state index in [-0.39, 0.29) is 5.92 Å². The van der Waals surface area contributed by atoms with Crippen LogP contribution in [0.4, 0.5) is 0 Å². The predicted octanol–water partition coefficient (Wildman–Crippen LogP) is 1.94. The van der Waals surface area contributed by atoms with Crippen LogP contribution in [0, 0.1) is 11.3 Å². The summed E-state index contributed by atoms with van der Waals surface area (Å²) >= 11 is 0. The van der Waals surface area contributed by atoms with Gasteiger partial charge in [-0.3, -0.25) is 4.79 Å². The van der Waals surface area contributed by atoms with Crippen molar-refractivity contribution in [3.63, 3.8) is 0 Å². The van der Waals surface area contributed by atoms with Crippen LogP contribution in [0.2, 0.25) is 0 Å². The first-order valence-corrected chi connectivity index (χ1v) is 7.44. The molecule has 100 valence electrons. The first-order chi connectivity index (χ1) is 8.79. The monoisotopic (exact) mass is 248 g/mol. The van der Waals surface area contributed by atoms with E-state index in [1.807, 2.05) is 0 Å². The molecule has 0 saturated carbocycles. The van der Waals surface area contributed by atoms with Gasteiger partial charge in [0.25, 0.3) is 0 Å².